The number of halogens is 2. The van der Waals surface area contributed by atoms with Crippen molar-refractivity contribution in [2.45, 2.75) is 0 Å². The van der Waals surface area contributed by atoms with E-state index >= 15 is 0 Å². The minimum atomic E-state index is -0.755. The van der Waals surface area contributed by atoms with Crippen LogP contribution in [0.2, 0.25) is 5.02 Å². The lowest BCUT2D eigenvalue weighted by Crippen LogP contribution is -1.90. The van der Waals surface area contributed by atoms with Gasteiger partial charge in [-0.05, 0) is 12.1 Å². The molecular weight excluding hydrogens is 221 g/mol. The van der Waals surface area contributed by atoms with Crippen LogP contribution in [-0.2, 0) is 0 Å². The molecule has 0 saturated heterocycles. The van der Waals surface area contributed by atoms with Crippen molar-refractivity contribution in [3.05, 3.63) is 29.2 Å². The normalized spacial score (nSPS) is 10.5. The van der Waals surface area contributed by atoms with E-state index in [-0.39, 0.29) is 16.4 Å². The number of phenols is 1. The smallest absolute Gasteiger partial charge is 0.165 e. The predicted molar refractivity (Wildman–Crippen MR) is 55.1 cm³/mol. The van der Waals surface area contributed by atoms with Gasteiger partial charge in [-0.25, -0.2) is 4.39 Å². The maximum Gasteiger partial charge on any atom is 0.165 e. The Kier molecular flexibility index (Phi) is 2.24. The standard InChI is InChI=1S/C9H7ClFN3O/c10-5-1-2-6(11)8(15)7(5)4-3-13-14-9(4)12/h1-3,15H,(H3,12,13,14). The van der Waals surface area contributed by atoms with E-state index in [1.54, 1.807) is 0 Å². The number of aromatic amines is 1. The molecule has 0 spiro atoms. The van der Waals surface area contributed by atoms with E-state index in [0.717, 1.165) is 6.07 Å². The summed E-state index contributed by atoms with van der Waals surface area (Å²) in [6, 6.07) is 2.43. The maximum atomic E-state index is 13.1. The van der Waals surface area contributed by atoms with Gasteiger partial charge in [-0.15, -0.1) is 0 Å². The van der Waals surface area contributed by atoms with Gasteiger partial charge in [-0.3, -0.25) is 5.10 Å². The molecule has 0 aliphatic carbocycles. The fourth-order valence-corrected chi connectivity index (χ4v) is 1.55. The van der Waals surface area contributed by atoms with E-state index in [4.69, 9.17) is 17.3 Å². The fraction of sp³-hybridized carbons (Fsp3) is 0. The number of benzene rings is 1. The lowest BCUT2D eigenvalue weighted by Gasteiger charge is -2.06. The van der Waals surface area contributed by atoms with Gasteiger partial charge in [0.1, 0.15) is 5.82 Å². The van der Waals surface area contributed by atoms with Gasteiger partial charge in [-0.1, -0.05) is 11.6 Å². The van der Waals surface area contributed by atoms with Crippen LogP contribution in [0.15, 0.2) is 18.3 Å². The summed E-state index contributed by atoms with van der Waals surface area (Å²) in [6.45, 7) is 0. The summed E-state index contributed by atoms with van der Waals surface area (Å²) in [4.78, 5) is 0. The molecule has 0 atom stereocenters. The molecule has 0 saturated carbocycles. The molecule has 0 unspecified atom stereocenters. The average Bonchev–Trinajstić information content (AvgIpc) is 2.60. The Morgan fingerprint density at radius 2 is 2.20 bits per heavy atom. The van der Waals surface area contributed by atoms with Crippen LogP contribution in [0.3, 0.4) is 0 Å². The number of aromatic nitrogens is 2. The minimum absolute atomic E-state index is 0.142. The first-order valence-electron chi connectivity index (χ1n) is 4.07. The van der Waals surface area contributed by atoms with Crippen molar-refractivity contribution in [1.29, 1.82) is 0 Å². The number of rotatable bonds is 1. The van der Waals surface area contributed by atoms with Gasteiger partial charge < -0.3 is 10.8 Å². The SMILES string of the molecule is Nc1[nH]ncc1-c1c(Cl)ccc(F)c1O. The Balaban J connectivity index is 2.72. The fourth-order valence-electron chi connectivity index (χ4n) is 1.29. The van der Waals surface area contributed by atoms with Crippen LogP contribution in [0.4, 0.5) is 10.2 Å². The summed E-state index contributed by atoms with van der Waals surface area (Å²) >= 11 is 5.84. The average molecular weight is 228 g/mol. The molecule has 0 amide bonds. The van der Waals surface area contributed by atoms with Crippen molar-refractivity contribution >= 4 is 17.4 Å². The number of phenolic OH excluding ortho intramolecular Hbond substituents is 1. The number of nitrogens with two attached hydrogens (primary N) is 1. The Labute approximate surface area is 89.5 Å². The number of hydrogen-bond donors (Lipinski definition) is 3. The van der Waals surface area contributed by atoms with E-state index in [1.165, 1.54) is 12.3 Å². The highest BCUT2D eigenvalue weighted by molar-refractivity contribution is 6.33. The summed E-state index contributed by atoms with van der Waals surface area (Å²) in [7, 11) is 0. The van der Waals surface area contributed by atoms with Crippen molar-refractivity contribution in [2.24, 2.45) is 0 Å². The summed E-state index contributed by atoms with van der Waals surface area (Å²) < 4.78 is 13.1. The molecule has 15 heavy (non-hydrogen) atoms. The second kappa shape index (κ2) is 3.43. The molecule has 2 aromatic rings. The maximum absolute atomic E-state index is 13.1. The largest absolute Gasteiger partial charge is 0.504 e. The number of aromatic hydroxyl groups is 1. The summed E-state index contributed by atoms with van der Waals surface area (Å²) in [5.74, 6) is -1.07. The first-order chi connectivity index (χ1) is 7.11. The molecule has 4 nitrogen and oxygen atoms in total. The molecule has 6 heteroatoms. The Morgan fingerprint density at radius 3 is 2.80 bits per heavy atom. The van der Waals surface area contributed by atoms with E-state index in [2.05, 4.69) is 10.2 Å². The van der Waals surface area contributed by atoms with Crippen molar-refractivity contribution in [3.63, 3.8) is 0 Å². The zero-order chi connectivity index (χ0) is 11.0. The molecule has 1 aromatic carbocycles. The van der Waals surface area contributed by atoms with Crippen LogP contribution in [0.5, 0.6) is 5.75 Å². The van der Waals surface area contributed by atoms with Crippen LogP contribution in [0, 0.1) is 5.82 Å². The van der Waals surface area contributed by atoms with Crippen LogP contribution in [0.1, 0.15) is 0 Å². The number of H-pyrrole nitrogens is 1. The number of hydrogen-bond acceptors (Lipinski definition) is 3. The zero-order valence-corrected chi connectivity index (χ0v) is 8.22. The van der Waals surface area contributed by atoms with Gasteiger partial charge in [0.25, 0.3) is 0 Å². The van der Waals surface area contributed by atoms with Crippen LogP contribution in [0.25, 0.3) is 11.1 Å². The van der Waals surface area contributed by atoms with Crippen molar-refractivity contribution in [1.82, 2.24) is 10.2 Å². The third-order valence-corrected chi connectivity index (χ3v) is 2.33. The molecule has 1 heterocycles. The van der Waals surface area contributed by atoms with Crippen molar-refractivity contribution in [3.8, 4) is 16.9 Å². The molecule has 0 bridgehead atoms. The molecule has 4 N–H and O–H groups in total. The lowest BCUT2D eigenvalue weighted by molar-refractivity contribution is 0.434. The number of nitrogen functional groups attached to an aromatic ring is 1. The summed E-state index contributed by atoms with van der Waals surface area (Å²) in [5.41, 5.74) is 6.06. The Bertz CT molecular complexity index is 512. The molecule has 0 aliphatic rings. The third-order valence-electron chi connectivity index (χ3n) is 2.02. The van der Waals surface area contributed by atoms with Gasteiger partial charge in [0.2, 0.25) is 0 Å². The molecule has 0 radical (unpaired) electrons. The van der Waals surface area contributed by atoms with E-state index in [1.807, 2.05) is 0 Å². The second-order valence-corrected chi connectivity index (χ2v) is 3.36. The van der Waals surface area contributed by atoms with E-state index in [0.29, 0.717) is 5.56 Å². The van der Waals surface area contributed by atoms with Gasteiger partial charge in [0.15, 0.2) is 11.6 Å². The Morgan fingerprint density at radius 1 is 1.47 bits per heavy atom. The predicted octanol–water partition coefficient (Wildman–Crippen LogP) is 2.16. The highest BCUT2D eigenvalue weighted by atomic mass is 35.5. The van der Waals surface area contributed by atoms with Crippen LogP contribution >= 0.6 is 11.6 Å². The molecule has 78 valence electrons. The van der Waals surface area contributed by atoms with E-state index in [9.17, 15) is 9.50 Å². The highest BCUT2D eigenvalue weighted by Crippen LogP contribution is 2.39. The monoisotopic (exact) mass is 227 g/mol. The van der Waals surface area contributed by atoms with E-state index < -0.39 is 11.6 Å². The summed E-state index contributed by atoms with van der Waals surface area (Å²) in [6.07, 6.45) is 1.37. The Hall–Kier alpha value is -1.75. The van der Waals surface area contributed by atoms with Crippen molar-refractivity contribution < 1.29 is 9.50 Å². The zero-order valence-electron chi connectivity index (χ0n) is 7.46. The number of nitrogens with one attached hydrogen (secondary N) is 1. The molecule has 0 fully saturated rings. The number of nitrogens with zero attached hydrogens (tertiary/aromatic N) is 1. The topological polar surface area (TPSA) is 74.9 Å². The van der Waals surface area contributed by atoms with Crippen molar-refractivity contribution in [2.75, 3.05) is 5.73 Å². The molecule has 2 rings (SSSR count). The van der Waals surface area contributed by atoms with Gasteiger partial charge >= 0.3 is 0 Å². The molecule has 1 aromatic heterocycles. The molecular formula is C9H7ClFN3O. The number of anilines is 1. The summed E-state index contributed by atoms with van der Waals surface area (Å²) in [5, 5.41) is 15.9. The highest BCUT2D eigenvalue weighted by Gasteiger charge is 2.16. The first-order valence-corrected chi connectivity index (χ1v) is 4.45. The van der Waals surface area contributed by atoms with Gasteiger partial charge in [0.05, 0.1) is 16.8 Å². The van der Waals surface area contributed by atoms with Gasteiger partial charge in [0, 0.05) is 5.56 Å². The second-order valence-electron chi connectivity index (χ2n) is 2.95. The quantitative estimate of drug-likeness (QED) is 0.699. The lowest BCUT2D eigenvalue weighted by atomic mass is 10.1. The van der Waals surface area contributed by atoms with Gasteiger partial charge in [-0.2, -0.15) is 5.10 Å². The van der Waals surface area contributed by atoms with Crippen LogP contribution in [-0.4, -0.2) is 15.3 Å². The first kappa shape index (κ1) is 9.79. The third kappa shape index (κ3) is 1.50. The van der Waals surface area contributed by atoms with Crippen LogP contribution < -0.4 is 5.73 Å². The minimum Gasteiger partial charge on any atom is -0.504 e. The molecule has 0 aliphatic heterocycles.